The van der Waals surface area contributed by atoms with Crippen LogP contribution in [0.3, 0.4) is 0 Å². The second-order valence-corrected chi connectivity index (χ2v) is 5.83. The Balaban J connectivity index is 1.97. The van der Waals surface area contributed by atoms with Gasteiger partial charge in [0.25, 0.3) is 0 Å². The molecule has 21 heavy (non-hydrogen) atoms. The minimum Gasteiger partial charge on any atom is -0.497 e. The molecule has 0 bridgehead atoms. The molecular formula is C17H20BrNO2. The second-order valence-electron chi connectivity index (χ2n) is 4.92. The Hall–Kier alpha value is -1.52. The summed E-state index contributed by atoms with van der Waals surface area (Å²) in [5, 5.41) is 0. The van der Waals surface area contributed by atoms with Gasteiger partial charge in [0.2, 0.25) is 0 Å². The van der Waals surface area contributed by atoms with Gasteiger partial charge in [0.15, 0.2) is 0 Å². The number of hydrogen-bond donors (Lipinski definition) is 1. The Labute approximate surface area is 134 Å². The number of methoxy groups -OCH3 is 1. The smallest absolute Gasteiger partial charge is 0.125 e. The van der Waals surface area contributed by atoms with Crippen LogP contribution in [0.5, 0.6) is 11.5 Å². The van der Waals surface area contributed by atoms with Crippen molar-refractivity contribution in [1.29, 1.82) is 0 Å². The summed E-state index contributed by atoms with van der Waals surface area (Å²) in [6, 6.07) is 13.9. The van der Waals surface area contributed by atoms with E-state index >= 15 is 0 Å². The Morgan fingerprint density at radius 3 is 2.48 bits per heavy atom. The van der Waals surface area contributed by atoms with Crippen molar-refractivity contribution in [3.8, 4) is 11.5 Å². The van der Waals surface area contributed by atoms with Gasteiger partial charge < -0.3 is 15.2 Å². The SMILES string of the molecule is COc1ccc(CCOc2cc(Br)ccc2[C@H](C)N)cc1. The molecule has 112 valence electrons. The van der Waals surface area contributed by atoms with Crippen LogP contribution >= 0.6 is 15.9 Å². The van der Waals surface area contributed by atoms with Crippen LogP contribution in [0.4, 0.5) is 0 Å². The molecule has 3 nitrogen and oxygen atoms in total. The third-order valence-electron chi connectivity index (χ3n) is 3.27. The molecule has 2 aromatic rings. The van der Waals surface area contributed by atoms with Crippen molar-refractivity contribution in [2.24, 2.45) is 5.73 Å². The molecule has 0 unspecified atom stereocenters. The molecule has 2 rings (SSSR count). The lowest BCUT2D eigenvalue weighted by Crippen LogP contribution is -2.09. The zero-order chi connectivity index (χ0) is 15.2. The number of halogens is 1. The highest BCUT2D eigenvalue weighted by Crippen LogP contribution is 2.27. The predicted molar refractivity (Wildman–Crippen MR) is 88.9 cm³/mol. The van der Waals surface area contributed by atoms with Crippen LogP contribution < -0.4 is 15.2 Å². The topological polar surface area (TPSA) is 44.5 Å². The predicted octanol–water partition coefficient (Wildman–Crippen LogP) is 4.10. The first-order valence-corrected chi connectivity index (χ1v) is 7.70. The average Bonchev–Trinajstić information content (AvgIpc) is 2.48. The van der Waals surface area contributed by atoms with E-state index in [1.54, 1.807) is 7.11 Å². The molecule has 0 amide bonds. The van der Waals surface area contributed by atoms with E-state index < -0.39 is 0 Å². The minimum atomic E-state index is -0.0471. The van der Waals surface area contributed by atoms with Crippen molar-refractivity contribution in [2.45, 2.75) is 19.4 Å². The number of ether oxygens (including phenoxy) is 2. The number of hydrogen-bond acceptors (Lipinski definition) is 3. The molecule has 1 atom stereocenters. The Bertz CT molecular complexity index is 582. The van der Waals surface area contributed by atoms with Crippen LogP contribution in [-0.2, 0) is 6.42 Å². The molecule has 0 aliphatic rings. The van der Waals surface area contributed by atoms with Crippen LogP contribution in [0, 0.1) is 0 Å². The largest absolute Gasteiger partial charge is 0.497 e. The fourth-order valence-electron chi connectivity index (χ4n) is 2.08. The van der Waals surface area contributed by atoms with Crippen LogP contribution in [-0.4, -0.2) is 13.7 Å². The summed E-state index contributed by atoms with van der Waals surface area (Å²) >= 11 is 3.46. The maximum absolute atomic E-state index is 5.97. The van der Waals surface area contributed by atoms with E-state index in [9.17, 15) is 0 Å². The third kappa shape index (κ3) is 4.48. The van der Waals surface area contributed by atoms with Gasteiger partial charge in [0, 0.05) is 22.5 Å². The van der Waals surface area contributed by atoms with Crippen LogP contribution in [0.25, 0.3) is 0 Å². The zero-order valence-corrected chi connectivity index (χ0v) is 13.9. The second kappa shape index (κ2) is 7.48. The highest BCUT2D eigenvalue weighted by Gasteiger charge is 2.08. The number of benzene rings is 2. The first kappa shape index (κ1) is 15.9. The summed E-state index contributed by atoms with van der Waals surface area (Å²) < 4.78 is 12.0. The van der Waals surface area contributed by atoms with Gasteiger partial charge in [0.1, 0.15) is 11.5 Å². The fourth-order valence-corrected chi connectivity index (χ4v) is 2.42. The Morgan fingerprint density at radius 2 is 1.86 bits per heavy atom. The maximum Gasteiger partial charge on any atom is 0.125 e. The van der Waals surface area contributed by atoms with E-state index in [1.807, 2.05) is 37.3 Å². The van der Waals surface area contributed by atoms with E-state index in [1.165, 1.54) is 5.56 Å². The van der Waals surface area contributed by atoms with E-state index in [-0.39, 0.29) is 6.04 Å². The highest BCUT2D eigenvalue weighted by atomic mass is 79.9. The van der Waals surface area contributed by atoms with Gasteiger partial charge in [-0.25, -0.2) is 0 Å². The molecule has 2 N–H and O–H groups in total. The van der Waals surface area contributed by atoms with Gasteiger partial charge in [-0.3, -0.25) is 0 Å². The quantitative estimate of drug-likeness (QED) is 0.853. The van der Waals surface area contributed by atoms with E-state index in [2.05, 4.69) is 28.1 Å². The first-order chi connectivity index (χ1) is 10.1. The Morgan fingerprint density at radius 1 is 1.14 bits per heavy atom. The van der Waals surface area contributed by atoms with Gasteiger partial charge in [-0.2, -0.15) is 0 Å². The summed E-state index contributed by atoms with van der Waals surface area (Å²) in [4.78, 5) is 0. The molecule has 0 fully saturated rings. The molecule has 0 aromatic heterocycles. The van der Waals surface area contributed by atoms with Gasteiger partial charge in [-0.05, 0) is 36.8 Å². The van der Waals surface area contributed by atoms with Crippen molar-refractivity contribution in [3.63, 3.8) is 0 Å². The summed E-state index contributed by atoms with van der Waals surface area (Å²) in [6.45, 7) is 2.57. The van der Waals surface area contributed by atoms with E-state index in [4.69, 9.17) is 15.2 Å². The molecule has 0 saturated carbocycles. The first-order valence-electron chi connectivity index (χ1n) is 6.91. The molecule has 2 aromatic carbocycles. The highest BCUT2D eigenvalue weighted by molar-refractivity contribution is 9.10. The standard InChI is InChI=1S/C17H20BrNO2/c1-12(19)16-8-5-14(18)11-17(16)21-10-9-13-3-6-15(20-2)7-4-13/h3-8,11-12H,9-10,19H2,1-2H3/t12-/m0/s1. The van der Waals surface area contributed by atoms with Gasteiger partial charge in [0.05, 0.1) is 13.7 Å². The molecule has 0 spiro atoms. The lowest BCUT2D eigenvalue weighted by Gasteiger charge is -2.14. The van der Waals surface area contributed by atoms with Crippen molar-refractivity contribution in [3.05, 3.63) is 58.1 Å². The van der Waals surface area contributed by atoms with Crippen molar-refractivity contribution in [1.82, 2.24) is 0 Å². The monoisotopic (exact) mass is 349 g/mol. The lowest BCUT2D eigenvalue weighted by molar-refractivity contribution is 0.317. The average molecular weight is 350 g/mol. The molecule has 0 radical (unpaired) electrons. The summed E-state index contributed by atoms with van der Waals surface area (Å²) in [6.07, 6.45) is 0.842. The molecule has 4 heteroatoms. The van der Waals surface area contributed by atoms with Crippen molar-refractivity contribution < 1.29 is 9.47 Å². The van der Waals surface area contributed by atoms with Gasteiger partial charge in [-0.15, -0.1) is 0 Å². The van der Waals surface area contributed by atoms with E-state index in [0.717, 1.165) is 28.0 Å². The normalized spacial score (nSPS) is 12.0. The Kier molecular flexibility index (Phi) is 5.65. The summed E-state index contributed by atoms with van der Waals surface area (Å²) in [5.41, 5.74) is 8.21. The third-order valence-corrected chi connectivity index (χ3v) is 3.77. The summed E-state index contributed by atoms with van der Waals surface area (Å²) in [5.74, 6) is 1.71. The number of rotatable bonds is 6. The molecular weight excluding hydrogens is 330 g/mol. The van der Waals surface area contributed by atoms with Crippen LogP contribution in [0.15, 0.2) is 46.9 Å². The molecule has 0 heterocycles. The lowest BCUT2D eigenvalue weighted by atomic mass is 10.1. The molecule has 0 aliphatic heterocycles. The number of nitrogens with two attached hydrogens (primary N) is 1. The van der Waals surface area contributed by atoms with Crippen LogP contribution in [0.1, 0.15) is 24.1 Å². The fraction of sp³-hybridized carbons (Fsp3) is 0.294. The maximum atomic E-state index is 5.97. The minimum absolute atomic E-state index is 0.0471. The van der Waals surface area contributed by atoms with Gasteiger partial charge in [-0.1, -0.05) is 34.1 Å². The molecule has 0 saturated heterocycles. The van der Waals surface area contributed by atoms with E-state index in [0.29, 0.717) is 6.61 Å². The van der Waals surface area contributed by atoms with Gasteiger partial charge >= 0.3 is 0 Å². The van der Waals surface area contributed by atoms with Crippen molar-refractivity contribution in [2.75, 3.05) is 13.7 Å². The zero-order valence-electron chi connectivity index (χ0n) is 12.3. The molecule has 0 aliphatic carbocycles. The van der Waals surface area contributed by atoms with Crippen LogP contribution in [0.2, 0.25) is 0 Å². The van der Waals surface area contributed by atoms with Crippen molar-refractivity contribution >= 4 is 15.9 Å². The summed E-state index contributed by atoms with van der Waals surface area (Å²) in [7, 11) is 1.67.